The molecule has 2 unspecified atom stereocenters. The van der Waals surface area contributed by atoms with E-state index in [2.05, 4.69) is 26.1 Å². The van der Waals surface area contributed by atoms with Crippen LogP contribution in [0.4, 0.5) is 0 Å². The molecule has 0 fully saturated rings. The second-order valence-electron chi connectivity index (χ2n) is 4.82. The third kappa shape index (κ3) is 4.46. The maximum Gasteiger partial charge on any atom is 0.0452 e. The Labute approximate surface area is 121 Å². The topological polar surface area (TPSA) is 12.0 Å². The lowest BCUT2D eigenvalue weighted by Gasteiger charge is -2.24. The molecule has 2 atom stereocenters. The molecule has 0 aromatic heterocycles. The summed E-state index contributed by atoms with van der Waals surface area (Å²) in [6.07, 6.45) is 3.22. The normalized spacial score (nSPS) is 14.5. The van der Waals surface area contributed by atoms with Gasteiger partial charge in [0.25, 0.3) is 0 Å². The van der Waals surface area contributed by atoms with E-state index in [1.807, 2.05) is 18.2 Å². The molecule has 1 nitrogen and oxygen atoms in total. The van der Waals surface area contributed by atoms with Crippen LogP contribution in [0.2, 0.25) is 10.0 Å². The second kappa shape index (κ2) is 8.04. The van der Waals surface area contributed by atoms with Crippen LogP contribution in [0.15, 0.2) is 18.2 Å². The van der Waals surface area contributed by atoms with Crippen LogP contribution in [0.3, 0.4) is 0 Å². The Kier molecular flexibility index (Phi) is 7.06. The van der Waals surface area contributed by atoms with Gasteiger partial charge in [-0.15, -0.1) is 0 Å². The number of benzene rings is 1. The molecule has 102 valence electrons. The molecule has 0 bridgehead atoms. The van der Waals surface area contributed by atoms with Crippen LogP contribution >= 0.6 is 23.2 Å². The zero-order valence-corrected chi connectivity index (χ0v) is 13.0. The molecule has 1 rings (SSSR count). The zero-order valence-electron chi connectivity index (χ0n) is 11.5. The molecule has 0 saturated heterocycles. The van der Waals surface area contributed by atoms with Crippen LogP contribution < -0.4 is 5.32 Å². The molecule has 0 aliphatic carbocycles. The predicted octanol–water partition coefficient (Wildman–Crippen LogP) is 4.95. The average molecular weight is 288 g/mol. The molecule has 0 aliphatic rings. The summed E-state index contributed by atoms with van der Waals surface area (Å²) in [6, 6.07) is 6.22. The van der Waals surface area contributed by atoms with Gasteiger partial charge in [0.2, 0.25) is 0 Å². The first-order valence-electron chi connectivity index (χ1n) is 6.76. The van der Waals surface area contributed by atoms with E-state index in [0.29, 0.717) is 12.0 Å². The number of hydrogen-bond donors (Lipinski definition) is 1. The number of halogens is 2. The molecule has 18 heavy (non-hydrogen) atoms. The minimum absolute atomic E-state index is 0.488. The molecule has 1 N–H and O–H groups in total. The van der Waals surface area contributed by atoms with E-state index < -0.39 is 0 Å². The first kappa shape index (κ1) is 15.8. The van der Waals surface area contributed by atoms with Crippen molar-refractivity contribution in [3.05, 3.63) is 33.8 Å². The highest BCUT2D eigenvalue weighted by Gasteiger charge is 2.18. The monoisotopic (exact) mass is 287 g/mol. The second-order valence-corrected chi connectivity index (χ2v) is 5.63. The fourth-order valence-corrected chi connectivity index (χ4v) is 2.75. The third-order valence-corrected chi connectivity index (χ3v) is 4.18. The van der Waals surface area contributed by atoms with E-state index in [1.165, 1.54) is 0 Å². The van der Waals surface area contributed by atoms with Crippen molar-refractivity contribution in [2.24, 2.45) is 5.92 Å². The Hall–Kier alpha value is -0.240. The Balaban J connectivity index is 2.73. The van der Waals surface area contributed by atoms with Gasteiger partial charge in [0.15, 0.2) is 0 Å². The summed E-state index contributed by atoms with van der Waals surface area (Å²) in [4.78, 5) is 0. The van der Waals surface area contributed by atoms with Crippen molar-refractivity contribution < 1.29 is 0 Å². The zero-order chi connectivity index (χ0) is 13.5. The molecule has 1 aromatic carbocycles. The number of rotatable bonds is 7. The molecule has 0 radical (unpaired) electrons. The van der Waals surface area contributed by atoms with Crippen molar-refractivity contribution in [3.63, 3.8) is 0 Å². The quantitative estimate of drug-likeness (QED) is 0.748. The van der Waals surface area contributed by atoms with E-state index in [4.69, 9.17) is 23.2 Å². The molecule has 0 saturated carbocycles. The smallest absolute Gasteiger partial charge is 0.0452 e. The maximum absolute atomic E-state index is 6.23. The van der Waals surface area contributed by atoms with E-state index in [-0.39, 0.29) is 0 Å². The summed E-state index contributed by atoms with van der Waals surface area (Å²) in [5, 5.41) is 5.12. The highest BCUT2D eigenvalue weighted by molar-refractivity contribution is 6.35. The minimum atomic E-state index is 0.488. The van der Waals surface area contributed by atoms with Gasteiger partial charge in [-0.05, 0) is 49.9 Å². The molecule has 0 spiro atoms. The molecular formula is C15H23Cl2N. The molecule has 0 heterocycles. The standard InChI is InChI=1S/C15H23Cl2N/c1-4-9-18-11(3)12(5-2)10-13-14(16)7-6-8-15(13)17/h6-8,11-12,18H,4-5,9-10H2,1-3H3. The van der Waals surface area contributed by atoms with Crippen LogP contribution in [-0.2, 0) is 6.42 Å². The van der Waals surface area contributed by atoms with Gasteiger partial charge in [0, 0.05) is 16.1 Å². The Morgan fingerprint density at radius 2 is 1.78 bits per heavy atom. The summed E-state index contributed by atoms with van der Waals surface area (Å²) in [5.74, 6) is 0.564. The lowest BCUT2D eigenvalue weighted by atomic mass is 9.90. The van der Waals surface area contributed by atoms with Crippen molar-refractivity contribution in [1.82, 2.24) is 5.32 Å². The third-order valence-electron chi connectivity index (χ3n) is 3.48. The highest BCUT2D eigenvalue weighted by atomic mass is 35.5. The summed E-state index contributed by atoms with van der Waals surface area (Å²) < 4.78 is 0. The Morgan fingerprint density at radius 3 is 2.28 bits per heavy atom. The molecule has 0 amide bonds. The summed E-state index contributed by atoms with van der Waals surface area (Å²) >= 11 is 12.5. The van der Waals surface area contributed by atoms with Crippen molar-refractivity contribution in [2.75, 3.05) is 6.54 Å². The van der Waals surface area contributed by atoms with Gasteiger partial charge < -0.3 is 5.32 Å². The van der Waals surface area contributed by atoms with E-state index in [1.54, 1.807) is 0 Å². The minimum Gasteiger partial charge on any atom is -0.314 e. The van der Waals surface area contributed by atoms with E-state index in [9.17, 15) is 0 Å². The van der Waals surface area contributed by atoms with Gasteiger partial charge in [-0.2, -0.15) is 0 Å². The van der Waals surface area contributed by atoms with Crippen LogP contribution in [0.1, 0.15) is 39.2 Å². The lowest BCUT2D eigenvalue weighted by Crippen LogP contribution is -2.35. The van der Waals surface area contributed by atoms with E-state index in [0.717, 1.165) is 41.4 Å². The first-order chi connectivity index (χ1) is 8.60. The molecule has 0 aliphatic heterocycles. The maximum atomic E-state index is 6.23. The fourth-order valence-electron chi connectivity index (χ4n) is 2.20. The van der Waals surface area contributed by atoms with Crippen LogP contribution in [0.25, 0.3) is 0 Å². The van der Waals surface area contributed by atoms with Gasteiger partial charge in [-0.25, -0.2) is 0 Å². The predicted molar refractivity (Wildman–Crippen MR) is 81.7 cm³/mol. The van der Waals surface area contributed by atoms with Crippen LogP contribution in [0, 0.1) is 5.92 Å². The number of hydrogen-bond acceptors (Lipinski definition) is 1. The van der Waals surface area contributed by atoms with E-state index >= 15 is 0 Å². The van der Waals surface area contributed by atoms with Gasteiger partial charge >= 0.3 is 0 Å². The van der Waals surface area contributed by atoms with Gasteiger partial charge in [-0.1, -0.05) is 49.5 Å². The van der Waals surface area contributed by atoms with Gasteiger partial charge in [-0.3, -0.25) is 0 Å². The average Bonchev–Trinajstić information content (AvgIpc) is 2.35. The Morgan fingerprint density at radius 1 is 1.17 bits per heavy atom. The fraction of sp³-hybridized carbons (Fsp3) is 0.600. The summed E-state index contributed by atoms with van der Waals surface area (Å²) in [6.45, 7) is 7.72. The van der Waals surface area contributed by atoms with Crippen molar-refractivity contribution in [1.29, 1.82) is 0 Å². The SMILES string of the molecule is CCCNC(C)C(CC)Cc1c(Cl)cccc1Cl. The summed E-state index contributed by atoms with van der Waals surface area (Å²) in [7, 11) is 0. The van der Waals surface area contributed by atoms with Gasteiger partial charge in [0.05, 0.1) is 0 Å². The lowest BCUT2D eigenvalue weighted by molar-refractivity contribution is 0.362. The summed E-state index contributed by atoms with van der Waals surface area (Å²) in [5.41, 5.74) is 1.08. The van der Waals surface area contributed by atoms with Crippen molar-refractivity contribution in [3.8, 4) is 0 Å². The first-order valence-corrected chi connectivity index (χ1v) is 7.52. The molecule has 1 aromatic rings. The largest absolute Gasteiger partial charge is 0.314 e. The van der Waals surface area contributed by atoms with Gasteiger partial charge in [0.1, 0.15) is 0 Å². The van der Waals surface area contributed by atoms with Crippen LogP contribution in [0.5, 0.6) is 0 Å². The highest BCUT2D eigenvalue weighted by Crippen LogP contribution is 2.28. The van der Waals surface area contributed by atoms with Crippen LogP contribution in [-0.4, -0.2) is 12.6 Å². The van der Waals surface area contributed by atoms with Crippen molar-refractivity contribution >= 4 is 23.2 Å². The number of nitrogens with one attached hydrogen (secondary N) is 1. The van der Waals surface area contributed by atoms with Crippen molar-refractivity contribution in [2.45, 2.75) is 46.1 Å². The molecule has 3 heteroatoms. The molecular weight excluding hydrogens is 265 g/mol. The Bertz CT molecular complexity index is 345.